The molecule has 1 amide bonds. The summed E-state index contributed by atoms with van der Waals surface area (Å²) in [6.07, 6.45) is 4.13. The van der Waals surface area contributed by atoms with Crippen molar-refractivity contribution in [2.75, 3.05) is 11.4 Å². The molecule has 0 bridgehead atoms. The van der Waals surface area contributed by atoms with E-state index in [1.165, 1.54) is 34.3 Å². The van der Waals surface area contributed by atoms with Gasteiger partial charge < -0.3 is 4.90 Å². The second-order valence-electron chi connectivity index (χ2n) is 5.29. The van der Waals surface area contributed by atoms with E-state index in [-0.39, 0.29) is 11.5 Å². The number of aryl methyl sites for hydroxylation is 2. The van der Waals surface area contributed by atoms with Gasteiger partial charge in [-0.15, -0.1) is 0 Å². The quantitative estimate of drug-likeness (QED) is 0.858. The van der Waals surface area contributed by atoms with Crippen LogP contribution >= 0.6 is 0 Å². The fourth-order valence-electron chi connectivity index (χ4n) is 2.69. The molecule has 3 rings (SSSR count). The Morgan fingerprint density at radius 2 is 2.19 bits per heavy atom. The van der Waals surface area contributed by atoms with Crippen LogP contribution in [0, 0.1) is 6.92 Å². The van der Waals surface area contributed by atoms with Crippen molar-refractivity contribution in [2.45, 2.75) is 26.3 Å². The SMILES string of the molecule is Cc1ccc2c(c1)CCN2C(=O)CCn1cnccc1=O. The molecule has 0 aliphatic carbocycles. The van der Waals surface area contributed by atoms with Gasteiger partial charge in [0.25, 0.3) is 5.56 Å². The predicted octanol–water partition coefficient (Wildman–Crippen LogP) is 1.53. The van der Waals surface area contributed by atoms with Crippen LogP contribution in [-0.4, -0.2) is 22.0 Å². The summed E-state index contributed by atoms with van der Waals surface area (Å²) in [5.41, 5.74) is 3.31. The number of carbonyl (C=O) groups excluding carboxylic acids is 1. The summed E-state index contributed by atoms with van der Waals surface area (Å²) in [4.78, 5) is 29.7. The maximum Gasteiger partial charge on any atom is 0.253 e. The van der Waals surface area contributed by atoms with E-state index in [1.807, 2.05) is 17.0 Å². The zero-order chi connectivity index (χ0) is 14.8. The first kappa shape index (κ1) is 13.5. The van der Waals surface area contributed by atoms with Crippen molar-refractivity contribution < 1.29 is 4.79 Å². The zero-order valence-electron chi connectivity index (χ0n) is 12.0. The van der Waals surface area contributed by atoms with Crippen LogP contribution in [0.15, 0.2) is 41.6 Å². The predicted molar refractivity (Wildman–Crippen MR) is 80.4 cm³/mol. The molecule has 1 aromatic heterocycles. The van der Waals surface area contributed by atoms with Crippen LogP contribution in [0.3, 0.4) is 0 Å². The fraction of sp³-hybridized carbons (Fsp3) is 0.312. The van der Waals surface area contributed by atoms with Gasteiger partial charge in [0.15, 0.2) is 0 Å². The highest BCUT2D eigenvalue weighted by Crippen LogP contribution is 2.29. The van der Waals surface area contributed by atoms with Gasteiger partial charge in [0.05, 0.1) is 6.33 Å². The van der Waals surface area contributed by atoms with Crippen molar-refractivity contribution in [2.24, 2.45) is 0 Å². The standard InChI is InChI=1S/C16H17N3O2/c1-12-2-3-14-13(10-12)5-9-19(14)16(21)6-8-18-11-17-7-4-15(18)20/h2-4,7,10-11H,5-6,8-9H2,1H3. The molecule has 5 nitrogen and oxygen atoms in total. The first-order chi connectivity index (χ1) is 10.1. The molecule has 1 aliphatic rings. The summed E-state index contributed by atoms with van der Waals surface area (Å²) in [6.45, 7) is 3.14. The largest absolute Gasteiger partial charge is 0.312 e. The second-order valence-corrected chi connectivity index (χ2v) is 5.29. The van der Waals surface area contributed by atoms with Gasteiger partial charge in [0.2, 0.25) is 5.91 Å². The molecule has 0 atom stereocenters. The van der Waals surface area contributed by atoms with Gasteiger partial charge in [-0.1, -0.05) is 17.7 Å². The van der Waals surface area contributed by atoms with Gasteiger partial charge in [-0.2, -0.15) is 0 Å². The third kappa shape index (κ3) is 2.72. The van der Waals surface area contributed by atoms with Gasteiger partial charge in [-0.05, 0) is 25.0 Å². The third-order valence-corrected chi connectivity index (χ3v) is 3.79. The molecule has 0 N–H and O–H groups in total. The van der Waals surface area contributed by atoms with E-state index < -0.39 is 0 Å². The molecule has 2 heterocycles. The van der Waals surface area contributed by atoms with Gasteiger partial charge in [-0.25, -0.2) is 4.98 Å². The third-order valence-electron chi connectivity index (χ3n) is 3.79. The van der Waals surface area contributed by atoms with Crippen LogP contribution in [0.4, 0.5) is 5.69 Å². The number of carbonyl (C=O) groups is 1. The minimum absolute atomic E-state index is 0.0494. The highest BCUT2D eigenvalue weighted by molar-refractivity contribution is 5.95. The number of benzene rings is 1. The zero-order valence-corrected chi connectivity index (χ0v) is 12.0. The lowest BCUT2D eigenvalue weighted by atomic mass is 10.1. The first-order valence-corrected chi connectivity index (χ1v) is 7.05. The van der Waals surface area contributed by atoms with Gasteiger partial charge >= 0.3 is 0 Å². The van der Waals surface area contributed by atoms with E-state index in [4.69, 9.17) is 0 Å². The summed E-state index contributed by atoms with van der Waals surface area (Å²) in [5, 5.41) is 0. The van der Waals surface area contributed by atoms with Crippen molar-refractivity contribution >= 4 is 11.6 Å². The lowest BCUT2D eigenvalue weighted by Crippen LogP contribution is -2.31. The van der Waals surface area contributed by atoms with E-state index in [2.05, 4.69) is 18.0 Å². The average molecular weight is 283 g/mol. The maximum atomic E-state index is 12.4. The molecule has 21 heavy (non-hydrogen) atoms. The number of rotatable bonds is 3. The van der Waals surface area contributed by atoms with Crippen LogP contribution in [0.25, 0.3) is 0 Å². The molecule has 5 heteroatoms. The van der Waals surface area contributed by atoms with E-state index in [0.717, 1.165) is 18.7 Å². The number of anilines is 1. The van der Waals surface area contributed by atoms with E-state index in [0.29, 0.717) is 13.0 Å². The van der Waals surface area contributed by atoms with Crippen molar-refractivity contribution in [3.05, 3.63) is 58.3 Å². The van der Waals surface area contributed by atoms with Crippen molar-refractivity contribution in [3.8, 4) is 0 Å². The summed E-state index contributed by atoms with van der Waals surface area (Å²) in [7, 11) is 0. The monoisotopic (exact) mass is 283 g/mol. The molecule has 2 aromatic rings. The molecule has 1 aliphatic heterocycles. The van der Waals surface area contributed by atoms with Crippen LogP contribution in [0.2, 0.25) is 0 Å². The van der Waals surface area contributed by atoms with Gasteiger partial charge in [-0.3, -0.25) is 14.2 Å². The van der Waals surface area contributed by atoms with Gasteiger partial charge in [0, 0.05) is 37.5 Å². The Balaban J connectivity index is 1.71. The second kappa shape index (κ2) is 5.52. The van der Waals surface area contributed by atoms with E-state index in [1.54, 1.807) is 0 Å². The number of hydrogen-bond acceptors (Lipinski definition) is 3. The number of hydrogen-bond donors (Lipinski definition) is 0. The number of fused-ring (bicyclic) bond motifs is 1. The molecule has 1 aromatic carbocycles. The minimum Gasteiger partial charge on any atom is -0.312 e. The number of nitrogens with zero attached hydrogens (tertiary/aromatic N) is 3. The van der Waals surface area contributed by atoms with Crippen LogP contribution < -0.4 is 10.5 Å². The normalized spacial score (nSPS) is 13.3. The molecule has 0 radical (unpaired) electrons. The molecule has 0 unspecified atom stereocenters. The summed E-state index contributed by atoms with van der Waals surface area (Å²) < 4.78 is 1.46. The molecule has 108 valence electrons. The topological polar surface area (TPSA) is 55.2 Å². The number of aromatic nitrogens is 2. The Bertz CT molecular complexity index is 736. The summed E-state index contributed by atoms with van der Waals surface area (Å²) >= 11 is 0. The van der Waals surface area contributed by atoms with Crippen LogP contribution in [-0.2, 0) is 17.8 Å². The first-order valence-electron chi connectivity index (χ1n) is 7.05. The Hall–Kier alpha value is -2.43. The average Bonchev–Trinajstić information content (AvgIpc) is 2.89. The van der Waals surface area contributed by atoms with Crippen molar-refractivity contribution in [1.82, 2.24) is 9.55 Å². The van der Waals surface area contributed by atoms with E-state index >= 15 is 0 Å². The lowest BCUT2D eigenvalue weighted by molar-refractivity contribution is -0.118. The Labute approximate surface area is 122 Å². The molecule has 0 fully saturated rings. The molecule has 0 spiro atoms. The Kier molecular flexibility index (Phi) is 3.56. The van der Waals surface area contributed by atoms with Crippen LogP contribution in [0.5, 0.6) is 0 Å². The Morgan fingerprint density at radius 1 is 1.33 bits per heavy atom. The Morgan fingerprint density at radius 3 is 3.00 bits per heavy atom. The summed E-state index contributed by atoms with van der Waals surface area (Å²) in [6, 6.07) is 7.56. The fourth-order valence-corrected chi connectivity index (χ4v) is 2.69. The van der Waals surface area contributed by atoms with Crippen molar-refractivity contribution in [3.63, 3.8) is 0 Å². The van der Waals surface area contributed by atoms with E-state index in [9.17, 15) is 9.59 Å². The lowest BCUT2D eigenvalue weighted by Gasteiger charge is -2.17. The molecular formula is C16H17N3O2. The number of amides is 1. The van der Waals surface area contributed by atoms with Crippen molar-refractivity contribution in [1.29, 1.82) is 0 Å². The van der Waals surface area contributed by atoms with Gasteiger partial charge in [0.1, 0.15) is 0 Å². The molecule has 0 saturated carbocycles. The highest BCUT2D eigenvalue weighted by Gasteiger charge is 2.24. The molecule has 0 saturated heterocycles. The molecular weight excluding hydrogens is 266 g/mol. The summed E-state index contributed by atoms with van der Waals surface area (Å²) in [5.74, 6) is 0.0494. The minimum atomic E-state index is -0.129. The van der Waals surface area contributed by atoms with Crippen LogP contribution in [0.1, 0.15) is 17.5 Å². The smallest absolute Gasteiger partial charge is 0.253 e. The maximum absolute atomic E-state index is 12.4. The highest BCUT2D eigenvalue weighted by atomic mass is 16.2.